The molecule has 0 radical (unpaired) electrons. The van der Waals surface area contributed by atoms with Gasteiger partial charge in [-0.05, 0) is 29.8 Å². The molecule has 0 saturated carbocycles. The molecule has 1 aliphatic heterocycles. The second-order valence-electron chi connectivity index (χ2n) is 5.91. The molecule has 4 nitrogen and oxygen atoms in total. The topological polar surface area (TPSA) is 32.8 Å². The van der Waals surface area contributed by atoms with Gasteiger partial charge in [0.15, 0.2) is 0 Å². The van der Waals surface area contributed by atoms with Gasteiger partial charge in [0, 0.05) is 44.9 Å². The summed E-state index contributed by atoms with van der Waals surface area (Å²) in [4.78, 5) is 15.5. The summed E-state index contributed by atoms with van der Waals surface area (Å²) in [5, 5.41) is 0. The van der Waals surface area contributed by atoms with Gasteiger partial charge in [0.05, 0.1) is 0 Å². The zero-order chi connectivity index (χ0) is 16.9. The van der Waals surface area contributed by atoms with Crippen LogP contribution in [0.15, 0.2) is 48.5 Å². The highest BCUT2D eigenvalue weighted by molar-refractivity contribution is 5.73. The number of amides is 1. The highest BCUT2D eigenvalue weighted by Gasteiger charge is 2.18. The minimum absolute atomic E-state index is 0.127. The van der Waals surface area contributed by atoms with E-state index in [9.17, 15) is 9.18 Å². The zero-order valence-corrected chi connectivity index (χ0v) is 13.7. The molecule has 0 aromatic heterocycles. The lowest BCUT2D eigenvalue weighted by Gasteiger charge is -2.35. The zero-order valence-electron chi connectivity index (χ0n) is 13.7. The normalized spacial score (nSPS) is 14.6. The van der Waals surface area contributed by atoms with E-state index < -0.39 is 0 Å². The molecule has 1 saturated heterocycles. The first-order valence-corrected chi connectivity index (χ1v) is 8.09. The Morgan fingerprint density at radius 3 is 2.54 bits per heavy atom. The van der Waals surface area contributed by atoms with Gasteiger partial charge >= 0.3 is 0 Å². The summed E-state index contributed by atoms with van der Waals surface area (Å²) >= 11 is 0. The van der Waals surface area contributed by atoms with E-state index in [2.05, 4.69) is 4.90 Å². The fourth-order valence-corrected chi connectivity index (χ4v) is 2.84. The van der Waals surface area contributed by atoms with Gasteiger partial charge in [-0.25, -0.2) is 4.39 Å². The van der Waals surface area contributed by atoms with Gasteiger partial charge in [-0.2, -0.15) is 0 Å². The number of ether oxygens (including phenoxy) is 1. The van der Waals surface area contributed by atoms with Gasteiger partial charge in [0.2, 0.25) is 5.91 Å². The van der Waals surface area contributed by atoms with Crippen LogP contribution in [-0.2, 0) is 11.4 Å². The molecule has 1 amide bonds. The Bertz CT molecular complexity index is 712. The Morgan fingerprint density at radius 2 is 1.83 bits per heavy atom. The fraction of sp³-hybridized carbons (Fsp3) is 0.316. The highest BCUT2D eigenvalue weighted by Crippen LogP contribution is 2.23. The molecule has 3 rings (SSSR count). The maximum Gasteiger partial charge on any atom is 0.219 e. The standard InChI is InChI=1S/C19H21FN2O2/c1-15(23)21-8-10-22(11-9-21)18-6-3-7-19(13-18)24-14-16-4-2-5-17(20)12-16/h2-7,12-13H,8-11,14H2,1H3. The molecule has 1 aliphatic rings. The summed E-state index contributed by atoms with van der Waals surface area (Å²) in [5.41, 5.74) is 1.88. The number of nitrogens with zero attached hydrogens (tertiary/aromatic N) is 2. The van der Waals surface area contributed by atoms with E-state index in [0.717, 1.165) is 43.2 Å². The number of benzene rings is 2. The van der Waals surface area contributed by atoms with Crippen molar-refractivity contribution in [3.05, 3.63) is 59.9 Å². The van der Waals surface area contributed by atoms with Crippen molar-refractivity contribution in [3.63, 3.8) is 0 Å². The summed E-state index contributed by atoms with van der Waals surface area (Å²) in [7, 11) is 0. The Balaban J connectivity index is 1.61. The predicted molar refractivity (Wildman–Crippen MR) is 91.6 cm³/mol. The van der Waals surface area contributed by atoms with E-state index in [1.807, 2.05) is 35.2 Å². The van der Waals surface area contributed by atoms with Crippen LogP contribution in [0.2, 0.25) is 0 Å². The third-order valence-electron chi connectivity index (χ3n) is 4.20. The summed E-state index contributed by atoms with van der Waals surface area (Å²) in [6, 6.07) is 14.3. The predicted octanol–water partition coefficient (Wildman–Crippen LogP) is 3.07. The van der Waals surface area contributed by atoms with Crippen LogP contribution in [0.25, 0.3) is 0 Å². The monoisotopic (exact) mass is 328 g/mol. The van der Waals surface area contributed by atoms with Crippen molar-refractivity contribution in [3.8, 4) is 5.75 Å². The molecule has 5 heteroatoms. The summed E-state index contributed by atoms with van der Waals surface area (Å²) in [6.45, 7) is 5.04. The van der Waals surface area contributed by atoms with Crippen molar-refractivity contribution in [2.24, 2.45) is 0 Å². The molecule has 1 fully saturated rings. The van der Waals surface area contributed by atoms with E-state index in [4.69, 9.17) is 4.74 Å². The van der Waals surface area contributed by atoms with Gasteiger partial charge in [0.25, 0.3) is 0 Å². The molecule has 0 N–H and O–H groups in total. The van der Waals surface area contributed by atoms with Crippen LogP contribution in [0.5, 0.6) is 5.75 Å². The molecule has 1 heterocycles. The maximum atomic E-state index is 13.2. The lowest BCUT2D eigenvalue weighted by atomic mass is 10.2. The van der Waals surface area contributed by atoms with Crippen LogP contribution in [0.3, 0.4) is 0 Å². The largest absolute Gasteiger partial charge is 0.489 e. The van der Waals surface area contributed by atoms with Crippen molar-refractivity contribution >= 4 is 11.6 Å². The van der Waals surface area contributed by atoms with Crippen LogP contribution in [-0.4, -0.2) is 37.0 Å². The van der Waals surface area contributed by atoms with Crippen molar-refractivity contribution in [2.45, 2.75) is 13.5 Å². The molecule has 0 bridgehead atoms. The number of piperazine rings is 1. The third-order valence-corrected chi connectivity index (χ3v) is 4.20. The van der Waals surface area contributed by atoms with Gasteiger partial charge in [-0.1, -0.05) is 18.2 Å². The minimum Gasteiger partial charge on any atom is -0.489 e. The van der Waals surface area contributed by atoms with Gasteiger partial charge in [-0.15, -0.1) is 0 Å². The molecular weight excluding hydrogens is 307 g/mol. The summed E-state index contributed by atoms with van der Waals surface area (Å²) in [5.74, 6) is 0.626. The number of anilines is 1. The molecule has 0 atom stereocenters. The highest BCUT2D eigenvalue weighted by atomic mass is 19.1. The van der Waals surface area contributed by atoms with Crippen molar-refractivity contribution in [1.29, 1.82) is 0 Å². The van der Waals surface area contributed by atoms with Gasteiger partial charge in [0.1, 0.15) is 18.2 Å². The lowest BCUT2D eigenvalue weighted by molar-refractivity contribution is -0.129. The number of carbonyl (C=O) groups excluding carboxylic acids is 1. The first-order valence-electron chi connectivity index (χ1n) is 8.09. The molecule has 0 unspecified atom stereocenters. The molecule has 126 valence electrons. The average Bonchev–Trinajstić information content (AvgIpc) is 2.60. The van der Waals surface area contributed by atoms with E-state index in [-0.39, 0.29) is 11.7 Å². The minimum atomic E-state index is -0.256. The number of hydrogen-bond acceptors (Lipinski definition) is 3. The van der Waals surface area contributed by atoms with Gasteiger partial charge < -0.3 is 14.5 Å². The second kappa shape index (κ2) is 7.34. The van der Waals surface area contributed by atoms with Crippen molar-refractivity contribution < 1.29 is 13.9 Å². The molecule has 2 aromatic carbocycles. The lowest BCUT2D eigenvalue weighted by Crippen LogP contribution is -2.48. The number of halogens is 1. The fourth-order valence-electron chi connectivity index (χ4n) is 2.84. The quantitative estimate of drug-likeness (QED) is 0.865. The van der Waals surface area contributed by atoms with Crippen molar-refractivity contribution in [1.82, 2.24) is 4.90 Å². The van der Waals surface area contributed by atoms with Gasteiger partial charge in [-0.3, -0.25) is 4.79 Å². The van der Waals surface area contributed by atoms with Crippen LogP contribution < -0.4 is 9.64 Å². The Kier molecular flexibility index (Phi) is 4.99. The molecular formula is C19H21FN2O2. The summed E-state index contributed by atoms with van der Waals surface area (Å²) < 4.78 is 19.0. The van der Waals surface area contributed by atoms with E-state index >= 15 is 0 Å². The van der Waals surface area contributed by atoms with E-state index in [1.165, 1.54) is 12.1 Å². The van der Waals surface area contributed by atoms with Crippen LogP contribution >= 0.6 is 0 Å². The Hall–Kier alpha value is -2.56. The first kappa shape index (κ1) is 16.3. The van der Waals surface area contributed by atoms with E-state index in [1.54, 1.807) is 13.0 Å². The average molecular weight is 328 g/mol. The smallest absolute Gasteiger partial charge is 0.219 e. The number of carbonyl (C=O) groups is 1. The van der Waals surface area contributed by atoms with Crippen LogP contribution in [0, 0.1) is 5.82 Å². The Labute approximate surface area is 141 Å². The molecule has 0 spiro atoms. The number of hydrogen-bond donors (Lipinski definition) is 0. The molecule has 24 heavy (non-hydrogen) atoms. The third kappa shape index (κ3) is 4.04. The molecule has 2 aromatic rings. The van der Waals surface area contributed by atoms with Crippen LogP contribution in [0.4, 0.5) is 10.1 Å². The van der Waals surface area contributed by atoms with Crippen LogP contribution in [0.1, 0.15) is 12.5 Å². The summed E-state index contributed by atoms with van der Waals surface area (Å²) in [6.07, 6.45) is 0. The number of rotatable bonds is 4. The van der Waals surface area contributed by atoms with Crippen molar-refractivity contribution in [2.75, 3.05) is 31.1 Å². The SMILES string of the molecule is CC(=O)N1CCN(c2cccc(OCc3cccc(F)c3)c2)CC1. The maximum absolute atomic E-state index is 13.2. The first-order chi connectivity index (χ1) is 11.6. The van der Waals surface area contributed by atoms with E-state index in [0.29, 0.717) is 6.61 Å². The second-order valence-corrected chi connectivity index (χ2v) is 5.91. The Morgan fingerprint density at radius 1 is 1.08 bits per heavy atom. The molecule has 0 aliphatic carbocycles.